The second-order valence-corrected chi connectivity index (χ2v) is 8.21. The fourth-order valence-electron chi connectivity index (χ4n) is 2.91. The smallest absolute Gasteiger partial charge is 0.0891 e. The summed E-state index contributed by atoms with van der Waals surface area (Å²) in [6.07, 6.45) is 3.68. The normalized spacial score (nSPS) is 13.6. The van der Waals surface area contributed by atoms with Gasteiger partial charge in [0.15, 0.2) is 0 Å². The molecule has 0 amide bonds. The molecule has 0 aromatic heterocycles. The lowest BCUT2D eigenvalue weighted by atomic mass is 10.0. The van der Waals surface area contributed by atoms with Crippen molar-refractivity contribution < 1.29 is 0 Å². The van der Waals surface area contributed by atoms with Gasteiger partial charge in [-0.05, 0) is 88.8 Å². The molecule has 170 valence electrons. The average molecular weight is 431 g/mol. The van der Waals surface area contributed by atoms with E-state index in [1.54, 1.807) is 0 Å². The Bertz CT molecular complexity index is 970. The van der Waals surface area contributed by atoms with E-state index in [0.717, 1.165) is 82.4 Å². The first kappa shape index (κ1) is 25.4. The molecule has 0 aliphatic carbocycles. The topological polar surface area (TPSA) is 49.4 Å². The monoisotopic (exact) mass is 430 g/mol. The summed E-state index contributed by atoms with van der Waals surface area (Å²) in [6.45, 7) is 16.8. The maximum atomic E-state index is 4.86. The number of benzene rings is 2. The molecule has 2 rings (SSSR count). The molecule has 32 heavy (non-hydrogen) atoms. The average Bonchev–Trinajstić information content (AvgIpc) is 2.80. The Labute approximate surface area is 194 Å². The quantitative estimate of drug-likeness (QED) is 0.356. The first-order valence-corrected chi connectivity index (χ1v) is 11.8. The van der Waals surface area contributed by atoms with E-state index in [4.69, 9.17) is 20.0 Å². The van der Waals surface area contributed by atoms with E-state index in [-0.39, 0.29) is 0 Å². The second-order valence-electron chi connectivity index (χ2n) is 8.21. The molecule has 0 saturated carbocycles. The zero-order valence-corrected chi connectivity index (χ0v) is 21.1. The third-order valence-electron chi connectivity index (χ3n) is 5.58. The number of hydrogen-bond donors (Lipinski definition) is 0. The summed E-state index contributed by atoms with van der Waals surface area (Å²) in [5.41, 5.74) is 10.3. The van der Waals surface area contributed by atoms with Crippen molar-refractivity contribution in [2.24, 2.45) is 20.0 Å². The van der Waals surface area contributed by atoms with Gasteiger partial charge in [-0.25, -0.2) is 0 Å². The van der Waals surface area contributed by atoms with Gasteiger partial charge in [-0.1, -0.05) is 39.8 Å². The summed E-state index contributed by atoms with van der Waals surface area (Å²) in [4.78, 5) is 19.3. The fourth-order valence-corrected chi connectivity index (χ4v) is 2.91. The molecule has 0 heterocycles. The van der Waals surface area contributed by atoms with Crippen LogP contribution < -0.4 is 0 Å². The third-order valence-corrected chi connectivity index (χ3v) is 5.58. The lowest BCUT2D eigenvalue weighted by Gasteiger charge is -2.11. The third kappa shape index (κ3) is 7.08. The maximum absolute atomic E-state index is 4.86. The summed E-state index contributed by atoms with van der Waals surface area (Å²) < 4.78 is 0. The Morgan fingerprint density at radius 3 is 1.03 bits per heavy atom. The first-order valence-electron chi connectivity index (χ1n) is 11.8. The van der Waals surface area contributed by atoms with Crippen LogP contribution in [0.5, 0.6) is 0 Å². The van der Waals surface area contributed by atoms with Crippen LogP contribution in [0, 0.1) is 0 Å². The predicted molar refractivity (Wildman–Crippen MR) is 144 cm³/mol. The minimum atomic E-state index is 0.911. The van der Waals surface area contributed by atoms with Crippen LogP contribution in [0.4, 0.5) is 22.7 Å². The van der Waals surface area contributed by atoms with Crippen LogP contribution in [0.25, 0.3) is 11.1 Å². The Morgan fingerprint density at radius 1 is 0.469 bits per heavy atom. The van der Waals surface area contributed by atoms with Crippen LogP contribution in [-0.4, -0.2) is 22.8 Å². The van der Waals surface area contributed by atoms with Crippen LogP contribution in [0.3, 0.4) is 0 Å². The summed E-state index contributed by atoms with van der Waals surface area (Å²) in [5.74, 6) is 0. The summed E-state index contributed by atoms with van der Waals surface area (Å²) in [5, 5.41) is 0. The molecule has 2 aromatic rings. The van der Waals surface area contributed by atoms with Crippen molar-refractivity contribution in [3.8, 4) is 11.1 Å². The molecule has 4 heteroatoms. The van der Waals surface area contributed by atoms with Gasteiger partial charge in [-0.2, -0.15) is 0 Å². The van der Waals surface area contributed by atoms with Gasteiger partial charge in [0.1, 0.15) is 0 Å². The Hall–Kier alpha value is -2.88. The highest BCUT2D eigenvalue weighted by Gasteiger charge is 2.09. The van der Waals surface area contributed by atoms with Crippen molar-refractivity contribution in [2.75, 3.05) is 0 Å². The number of nitrogens with zero attached hydrogens (tertiary/aromatic N) is 4. The van der Waals surface area contributed by atoms with Gasteiger partial charge in [-0.15, -0.1) is 0 Å². The molecule has 0 aliphatic heterocycles. The van der Waals surface area contributed by atoms with Crippen LogP contribution in [-0.2, 0) is 0 Å². The van der Waals surface area contributed by atoms with E-state index < -0.39 is 0 Å². The Balaban J connectivity index is 2.65. The zero-order chi connectivity index (χ0) is 23.7. The zero-order valence-electron chi connectivity index (χ0n) is 21.1. The van der Waals surface area contributed by atoms with Gasteiger partial charge in [0.25, 0.3) is 0 Å². The highest BCUT2D eigenvalue weighted by molar-refractivity contribution is 5.92. The van der Waals surface area contributed by atoms with E-state index in [1.165, 1.54) is 0 Å². The molecule has 0 radical (unpaired) electrons. The molecule has 0 N–H and O–H groups in total. The Kier molecular flexibility index (Phi) is 9.70. The minimum Gasteiger partial charge on any atom is -0.256 e. The highest BCUT2D eigenvalue weighted by Crippen LogP contribution is 2.38. The molecule has 0 spiro atoms. The maximum Gasteiger partial charge on any atom is 0.0891 e. The van der Waals surface area contributed by atoms with Crippen molar-refractivity contribution in [3.05, 3.63) is 36.4 Å². The summed E-state index contributed by atoms with van der Waals surface area (Å²) >= 11 is 0. The van der Waals surface area contributed by atoms with Gasteiger partial charge in [0, 0.05) is 22.8 Å². The number of aliphatic imine (C=N–C) groups is 4. The molecule has 4 nitrogen and oxygen atoms in total. The van der Waals surface area contributed by atoms with Gasteiger partial charge >= 0.3 is 0 Å². The molecule has 0 fully saturated rings. The predicted octanol–water partition coefficient (Wildman–Crippen LogP) is 9.36. The van der Waals surface area contributed by atoms with E-state index in [0.29, 0.717) is 0 Å². The molecule has 2 aromatic carbocycles. The minimum absolute atomic E-state index is 0.911. The van der Waals surface area contributed by atoms with Crippen molar-refractivity contribution in [1.82, 2.24) is 0 Å². The van der Waals surface area contributed by atoms with Gasteiger partial charge in [-0.3, -0.25) is 20.0 Å². The van der Waals surface area contributed by atoms with E-state index in [9.17, 15) is 0 Å². The highest BCUT2D eigenvalue weighted by atomic mass is 14.8. The molecule has 0 saturated heterocycles. The molecule has 0 unspecified atom stereocenters. The lowest BCUT2D eigenvalue weighted by Crippen LogP contribution is -1.90. The van der Waals surface area contributed by atoms with Crippen molar-refractivity contribution in [2.45, 2.75) is 81.1 Å². The molecule has 0 bridgehead atoms. The van der Waals surface area contributed by atoms with Crippen LogP contribution in [0.1, 0.15) is 81.1 Å². The SMILES string of the molecule is CC/C(C)=N/c1ccc(-c2ccc(/N=C(\C)CC)c(/N=C(\C)CC)c2)cc1/N=C(\C)CC. The standard InChI is InChI=1S/C28H38N4/c1-9-19(5)29-25-15-13-23(17-27(25)31-21(7)11-3)24-14-16-26(30-20(6)10-2)28(18-24)32-22(8)12-4/h13-18H,9-12H2,1-8H3/b29-19+,30-20+,31-21+,32-22+. The van der Waals surface area contributed by atoms with Crippen LogP contribution in [0.15, 0.2) is 56.4 Å². The van der Waals surface area contributed by atoms with Gasteiger partial charge in [0.05, 0.1) is 22.7 Å². The van der Waals surface area contributed by atoms with E-state index in [2.05, 4.69) is 91.8 Å². The van der Waals surface area contributed by atoms with Gasteiger partial charge < -0.3 is 0 Å². The largest absolute Gasteiger partial charge is 0.256 e. The second kappa shape index (κ2) is 12.2. The first-order chi connectivity index (χ1) is 15.3. The Morgan fingerprint density at radius 2 is 0.750 bits per heavy atom. The number of hydrogen-bond acceptors (Lipinski definition) is 4. The fraction of sp³-hybridized carbons (Fsp3) is 0.429. The molecular weight excluding hydrogens is 392 g/mol. The molecule has 0 aliphatic rings. The summed E-state index contributed by atoms with van der Waals surface area (Å²) in [6, 6.07) is 12.7. The van der Waals surface area contributed by atoms with Crippen LogP contribution >= 0.6 is 0 Å². The van der Waals surface area contributed by atoms with Crippen LogP contribution in [0.2, 0.25) is 0 Å². The number of rotatable bonds is 9. The van der Waals surface area contributed by atoms with Gasteiger partial charge in [0.2, 0.25) is 0 Å². The van der Waals surface area contributed by atoms with Crippen molar-refractivity contribution >= 4 is 45.6 Å². The molecule has 0 atom stereocenters. The van der Waals surface area contributed by atoms with Crippen molar-refractivity contribution in [3.63, 3.8) is 0 Å². The summed E-state index contributed by atoms with van der Waals surface area (Å²) in [7, 11) is 0. The lowest BCUT2D eigenvalue weighted by molar-refractivity contribution is 1.24. The van der Waals surface area contributed by atoms with Crippen molar-refractivity contribution in [1.29, 1.82) is 0 Å². The molecular formula is C28H38N4. The van der Waals surface area contributed by atoms with E-state index in [1.807, 2.05) is 0 Å². The van der Waals surface area contributed by atoms with E-state index >= 15 is 0 Å².